The van der Waals surface area contributed by atoms with Gasteiger partial charge in [0.05, 0.1) is 23.3 Å². The first kappa shape index (κ1) is 19.7. The van der Waals surface area contributed by atoms with E-state index in [2.05, 4.69) is 73.1 Å². The summed E-state index contributed by atoms with van der Waals surface area (Å²) in [6.07, 6.45) is 4.27. The smallest absolute Gasteiger partial charge is 0.213 e. The molecule has 3 aromatic rings. The number of ether oxygens (including phenoxy) is 2. The topological polar surface area (TPSA) is 22.3 Å². The Bertz CT molecular complexity index is 1070. The Balaban J connectivity index is 1.84. The summed E-state index contributed by atoms with van der Waals surface area (Å²) in [5, 5.41) is 2.66. The van der Waals surface area contributed by atoms with Crippen LogP contribution >= 0.6 is 0 Å². The van der Waals surface area contributed by atoms with E-state index in [1.165, 1.54) is 33.2 Å². The van der Waals surface area contributed by atoms with Crippen LogP contribution in [-0.4, -0.2) is 19.8 Å². The molecular weight excluding hydrogens is 358 g/mol. The molecule has 2 aromatic carbocycles. The van der Waals surface area contributed by atoms with E-state index in [-0.39, 0.29) is 12.0 Å². The van der Waals surface area contributed by atoms with Gasteiger partial charge >= 0.3 is 0 Å². The molecule has 0 fully saturated rings. The monoisotopic (exact) mass is 388 g/mol. The summed E-state index contributed by atoms with van der Waals surface area (Å²) in [5.41, 5.74) is 5.31. The van der Waals surface area contributed by atoms with E-state index < -0.39 is 0 Å². The van der Waals surface area contributed by atoms with Gasteiger partial charge in [0.25, 0.3) is 0 Å². The number of aromatic nitrogens is 1. The van der Waals surface area contributed by atoms with Crippen molar-refractivity contribution in [1.82, 2.24) is 0 Å². The van der Waals surface area contributed by atoms with Crippen molar-refractivity contribution in [3.05, 3.63) is 77.7 Å². The fourth-order valence-corrected chi connectivity index (χ4v) is 4.56. The van der Waals surface area contributed by atoms with Crippen LogP contribution in [0.15, 0.2) is 66.6 Å². The highest BCUT2D eigenvalue weighted by Gasteiger charge is 2.38. The van der Waals surface area contributed by atoms with Crippen molar-refractivity contribution in [3.63, 3.8) is 0 Å². The number of allylic oxidation sites excluding steroid dienone is 1. The molecule has 2 heterocycles. The molecule has 0 saturated heterocycles. The van der Waals surface area contributed by atoms with Gasteiger partial charge in [-0.2, -0.15) is 4.57 Å². The van der Waals surface area contributed by atoms with Gasteiger partial charge in [0.15, 0.2) is 12.2 Å². The van der Waals surface area contributed by atoms with Crippen LogP contribution < -0.4 is 4.57 Å². The molecule has 0 N–H and O–H groups in total. The Labute approximate surface area is 173 Å². The average Bonchev–Trinajstić information content (AvgIpc) is 2.74. The van der Waals surface area contributed by atoms with Gasteiger partial charge in [-0.05, 0) is 67.8 Å². The lowest BCUT2D eigenvalue weighted by molar-refractivity contribution is -0.714. The van der Waals surface area contributed by atoms with Gasteiger partial charge in [-0.3, -0.25) is 0 Å². The lowest BCUT2D eigenvalue weighted by Crippen LogP contribution is -2.46. The Morgan fingerprint density at radius 2 is 1.86 bits per heavy atom. The highest BCUT2D eigenvalue weighted by atomic mass is 16.5. The van der Waals surface area contributed by atoms with Crippen molar-refractivity contribution in [2.45, 2.75) is 45.8 Å². The number of rotatable bonds is 5. The van der Waals surface area contributed by atoms with Gasteiger partial charge in [-0.15, -0.1) is 0 Å². The number of hydrogen-bond donors (Lipinski definition) is 0. The third kappa shape index (κ3) is 3.56. The summed E-state index contributed by atoms with van der Waals surface area (Å²) in [4.78, 5) is 0. The van der Waals surface area contributed by atoms with E-state index in [1.54, 1.807) is 7.11 Å². The number of methoxy groups -OCH3 is 1. The molecule has 4 rings (SSSR count). The lowest BCUT2D eigenvalue weighted by Gasteiger charge is -2.30. The second-order valence-electron chi connectivity index (χ2n) is 8.07. The molecular formula is C26H30NO2+. The standard InChI is InChI=1S/C26H30NO2/c1-17-14-23-25-12-8-9-13-27(25)20(4)24(16-29-19(3)15-18(2)28-5)26(23)22-11-7-6-10-21(17)22/h6-15,18,20,24H,16H2,1-5H3/q+1/b19-15-. The molecule has 0 saturated carbocycles. The summed E-state index contributed by atoms with van der Waals surface area (Å²) < 4.78 is 14.0. The first-order valence-corrected chi connectivity index (χ1v) is 10.4. The van der Waals surface area contributed by atoms with Gasteiger partial charge in [-0.25, -0.2) is 0 Å². The summed E-state index contributed by atoms with van der Waals surface area (Å²) in [5.74, 6) is 1.17. The predicted octanol–water partition coefficient (Wildman–Crippen LogP) is 5.72. The van der Waals surface area contributed by atoms with Crippen LogP contribution in [0.25, 0.3) is 22.0 Å². The maximum absolute atomic E-state index is 6.24. The van der Waals surface area contributed by atoms with E-state index >= 15 is 0 Å². The zero-order valence-corrected chi connectivity index (χ0v) is 18.0. The van der Waals surface area contributed by atoms with Crippen molar-refractivity contribution in [1.29, 1.82) is 0 Å². The van der Waals surface area contributed by atoms with Crippen LogP contribution in [-0.2, 0) is 9.47 Å². The number of fused-ring (bicyclic) bond motifs is 5. The van der Waals surface area contributed by atoms with Crippen LogP contribution in [0.1, 0.15) is 43.9 Å². The first-order valence-electron chi connectivity index (χ1n) is 10.4. The van der Waals surface area contributed by atoms with E-state index in [1.807, 2.05) is 19.9 Å². The Kier molecular flexibility index (Phi) is 5.42. The lowest BCUT2D eigenvalue weighted by atomic mass is 9.80. The van der Waals surface area contributed by atoms with E-state index in [0.717, 1.165) is 5.76 Å². The molecule has 3 nitrogen and oxygen atoms in total. The molecule has 0 amide bonds. The normalized spacial score (nSPS) is 19.6. The molecule has 3 heteroatoms. The number of pyridine rings is 1. The maximum atomic E-state index is 6.24. The van der Waals surface area contributed by atoms with Crippen LogP contribution in [0.3, 0.4) is 0 Å². The SMILES string of the molecule is COC(C)/C=C(/C)OCC1c2c(cc(C)c3ccccc23)-c2cccc[n+]2C1C. The van der Waals surface area contributed by atoms with Crippen molar-refractivity contribution in [2.24, 2.45) is 0 Å². The summed E-state index contributed by atoms with van der Waals surface area (Å²) in [6.45, 7) is 9.18. The molecule has 0 radical (unpaired) electrons. The van der Waals surface area contributed by atoms with Crippen molar-refractivity contribution in [2.75, 3.05) is 13.7 Å². The number of benzene rings is 2. The fourth-order valence-electron chi connectivity index (χ4n) is 4.56. The summed E-state index contributed by atoms with van der Waals surface area (Å²) in [6, 6.07) is 17.9. The van der Waals surface area contributed by atoms with Gasteiger partial charge in [0.1, 0.15) is 6.61 Å². The molecule has 1 aromatic heterocycles. The highest BCUT2D eigenvalue weighted by molar-refractivity contribution is 5.94. The Morgan fingerprint density at radius 3 is 2.62 bits per heavy atom. The zero-order valence-electron chi connectivity index (χ0n) is 18.0. The average molecular weight is 389 g/mol. The molecule has 1 aliphatic rings. The highest BCUT2D eigenvalue weighted by Crippen LogP contribution is 2.43. The largest absolute Gasteiger partial charge is 0.498 e. The quantitative estimate of drug-likeness (QED) is 0.412. The summed E-state index contributed by atoms with van der Waals surface area (Å²) in [7, 11) is 1.72. The second-order valence-corrected chi connectivity index (χ2v) is 8.07. The van der Waals surface area contributed by atoms with Crippen LogP contribution in [0.2, 0.25) is 0 Å². The molecule has 3 unspecified atom stereocenters. The fraction of sp³-hybridized carbons (Fsp3) is 0.346. The van der Waals surface area contributed by atoms with Gasteiger partial charge in [-0.1, -0.05) is 24.3 Å². The molecule has 1 aliphatic heterocycles. The van der Waals surface area contributed by atoms with Crippen LogP contribution in [0, 0.1) is 6.92 Å². The Morgan fingerprint density at radius 1 is 1.14 bits per heavy atom. The predicted molar refractivity (Wildman–Crippen MR) is 118 cm³/mol. The van der Waals surface area contributed by atoms with Gasteiger partial charge in [0.2, 0.25) is 5.69 Å². The second kappa shape index (κ2) is 8.00. The van der Waals surface area contributed by atoms with Gasteiger partial charge < -0.3 is 9.47 Å². The van der Waals surface area contributed by atoms with E-state index in [4.69, 9.17) is 9.47 Å². The molecule has 150 valence electrons. The van der Waals surface area contributed by atoms with E-state index in [0.29, 0.717) is 12.6 Å². The summed E-state index contributed by atoms with van der Waals surface area (Å²) >= 11 is 0. The van der Waals surface area contributed by atoms with Crippen molar-refractivity contribution in [3.8, 4) is 11.3 Å². The molecule has 29 heavy (non-hydrogen) atoms. The van der Waals surface area contributed by atoms with Crippen molar-refractivity contribution >= 4 is 10.8 Å². The van der Waals surface area contributed by atoms with E-state index in [9.17, 15) is 0 Å². The zero-order chi connectivity index (χ0) is 20.5. The molecule has 0 aliphatic carbocycles. The molecule has 0 spiro atoms. The van der Waals surface area contributed by atoms with Crippen molar-refractivity contribution < 1.29 is 14.0 Å². The van der Waals surface area contributed by atoms with Gasteiger partial charge in [0, 0.05) is 19.2 Å². The first-order chi connectivity index (χ1) is 14.0. The number of hydrogen-bond acceptors (Lipinski definition) is 2. The molecule has 3 atom stereocenters. The number of aryl methyl sites for hydroxylation is 1. The van der Waals surface area contributed by atoms with Crippen LogP contribution in [0.4, 0.5) is 0 Å². The maximum Gasteiger partial charge on any atom is 0.213 e. The third-order valence-corrected chi connectivity index (χ3v) is 6.18. The number of nitrogens with zero attached hydrogens (tertiary/aromatic N) is 1. The minimum absolute atomic E-state index is 0.0460. The third-order valence-electron chi connectivity index (χ3n) is 6.18. The minimum atomic E-state index is 0.0460. The Hall–Kier alpha value is -2.65. The van der Waals surface area contributed by atoms with Crippen LogP contribution in [0.5, 0.6) is 0 Å². The molecule has 0 bridgehead atoms. The minimum Gasteiger partial charge on any atom is -0.498 e.